The highest BCUT2D eigenvalue weighted by Crippen LogP contribution is 2.06. The highest BCUT2D eigenvalue weighted by molar-refractivity contribution is 5.92. The number of ether oxygens (including phenoxy) is 1. The van der Waals surface area contributed by atoms with Crippen molar-refractivity contribution in [3.8, 4) is 0 Å². The summed E-state index contributed by atoms with van der Waals surface area (Å²) in [5, 5.41) is 5.21. The SMILES string of the molecule is C=C(C)C(=O)NC(CC)NC(=O)OC(C)(C)C. The van der Waals surface area contributed by atoms with Crippen molar-refractivity contribution < 1.29 is 14.3 Å². The summed E-state index contributed by atoms with van der Waals surface area (Å²) in [6.45, 7) is 12.3. The monoisotopic (exact) mass is 242 g/mol. The minimum Gasteiger partial charge on any atom is -0.444 e. The van der Waals surface area contributed by atoms with Gasteiger partial charge < -0.3 is 15.4 Å². The summed E-state index contributed by atoms with van der Waals surface area (Å²) in [5.41, 5.74) is -0.157. The highest BCUT2D eigenvalue weighted by Gasteiger charge is 2.19. The van der Waals surface area contributed by atoms with Crippen molar-refractivity contribution in [2.75, 3.05) is 0 Å². The van der Waals surface area contributed by atoms with Crippen LogP contribution in [0.3, 0.4) is 0 Å². The van der Waals surface area contributed by atoms with Gasteiger partial charge in [0.25, 0.3) is 0 Å². The molecule has 0 aliphatic heterocycles. The Morgan fingerprint density at radius 3 is 2.18 bits per heavy atom. The summed E-state index contributed by atoms with van der Waals surface area (Å²) >= 11 is 0. The average Bonchev–Trinajstić information content (AvgIpc) is 2.13. The van der Waals surface area contributed by atoms with Gasteiger partial charge in [-0.05, 0) is 34.1 Å². The summed E-state index contributed by atoms with van der Waals surface area (Å²) in [6, 6.07) is 0. The maximum Gasteiger partial charge on any atom is 0.409 e. The molecule has 0 saturated heterocycles. The maximum atomic E-state index is 11.5. The van der Waals surface area contributed by atoms with Crippen LogP contribution < -0.4 is 10.6 Å². The lowest BCUT2D eigenvalue weighted by Crippen LogP contribution is -2.49. The molecular formula is C12H22N2O3. The largest absolute Gasteiger partial charge is 0.444 e. The Hall–Kier alpha value is -1.52. The zero-order valence-corrected chi connectivity index (χ0v) is 11.2. The third-order valence-corrected chi connectivity index (χ3v) is 1.79. The first-order chi connectivity index (χ1) is 7.65. The molecule has 0 aromatic rings. The molecule has 5 nitrogen and oxygen atoms in total. The van der Waals surface area contributed by atoms with Crippen molar-refractivity contribution in [3.05, 3.63) is 12.2 Å². The van der Waals surface area contributed by atoms with Crippen molar-refractivity contribution >= 4 is 12.0 Å². The fraction of sp³-hybridized carbons (Fsp3) is 0.667. The van der Waals surface area contributed by atoms with Gasteiger partial charge in [0.15, 0.2) is 0 Å². The summed E-state index contributed by atoms with van der Waals surface area (Å²) in [6.07, 6.45) is -0.432. The van der Waals surface area contributed by atoms with Gasteiger partial charge in [0.2, 0.25) is 5.91 Å². The summed E-state index contributed by atoms with van der Waals surface area (Å²) < 4.78 is 5.09. The Bertz CT molecular complexity index is 305. The molecule has 2 amide bonds. The molecule has 0 radical (unpaired) electrons. The van der Waals surface area contributed by atoms with Gasteiger partial charge >= 0.3 is 6.09 Å². The van der Waals surface area contributed by atoms with Gasteiger partial charge in [-0.1, -0.05) is 13.5 Å². The highest BCUT2D eigenvalue weighted by atomic mass is 16.6. The molecule has 2 N–H and O–H groups in total. The predicted octanol–water partition coefficient (Wildman–Crippen LogP) is 1.94. The van der Waals surface area contributed by atoms with E-state index in [2.05, 4.69) is 17.2 Å². The van der Waals surface area contributed by atoms with Gasteiger partial charge in [-0.15, -0.1) is 0 Å². The van der Waals surface area contributed by atoms with Crippen LogP contribution in [0.15, 0.2) is 12.2 Å². The summed E-state index contributed by atoms with van der Waals surface area (Å²) in [4.78, 5) is 22.8. The zero-order chi connectivity index (χ0) is 13.6. The van der Waals surface area contributed by atoms with E-state index >= 15 is 0 Å². The van der Waals surface area contributed by atoms with Crippen LogP contribution in [0, 0.1) is 0 Å². The predicted molar refractivity (Wildman–Crippen MR) is 66.4 cm³/mol. The van der Waals surface area contributed by atoms with E-state index in [1.165, 1.54) is 0 Å². The smallest absolute Gasteiger partial charge is 0.409 e. The van der Waals surface area contributed by atoms with Crippen molar-refractivity contribution in [3.63, 3.8) is 0 Å². The Kier molecular flexibility index (Phi) is 5.71. The molecule has 1 atom stereocenters. The normalized spacial score (nSPS) is 12.5. The van der Waals surface area contributed by atoms with Crippen molar-refractivity contribution in [2.24, 2.45) is 0 Å². The van der Waals surface area contributed by atoms with Crippen molar-refractivity contribution in [1.82, 2.24) is 10.6 Å². The molecule has 0 fully saturated rings. The van der Waals surface area contributed by atoms with Crippen molar-refractivity contribution in [1.29, 1.82) is 0 Å². The van der Waals surface area contributed by atoms with Gasteiger partial charge in [0.05, 0.1) is 0 Å². The molecule has 0 rings (SSSR count). The standard InChI is InChI=1S/C12H22N2O3/c1-7-9(13-10(15)8(2)3)14-11(16)17-12(4,5)6/h9H,2,7H2,1,3-6H3,(H,13,15)(H,14,16). The van der Waals surface area contributed by atoms with Gasteiger partial charge in [-0.25, -0.2) is 4.79 Å². The van der Waals surface area contributed by atoms with Crippen LogP contribution in [0.4, 0.5) is 4.79 Å². The first-order valence-corrected chi connectivity index (χ1v) is 5.61. The van der Waals surface area contributed by atoms with Gasteiger partial charge in [-0.2, -0.15) is 0 Å². The third kappa shape index (κ3) is 7.38. The van der Waals surface area contributed by atoms with E-state index in [9.17, 15) is 9.59 Å². The van der Waals surface area contributed by atoms with Crippen LogP contribution in [0.25, 0.3) is 0 Å². The van der Waals surface area contributed by atoms with E-state index in [1.807, 2.05) is 6.92 Å². The first-order valence-electron chi connectivity index (χ1n) is 5.61. The number of amides is 2. The molecule has 5 heteroatoms. The lowest BCUT2D eigenvalue weighted by atomic mass is 10.2. The van der Waals surface area contributed by atoms with Gasteiger partial charge in [-0.3, -0.25) is 4.79 Å². The molecular weight excluding hydrogens is 220 g/mol. The number of carbonyl (C=O) groups is 2. The van der Waals surface area contributed by atoms with Gasteiger partial charge in [0.1, 0.15) is 11.8 Å². The van der Waals surface area contributed by atoms with Crippen LogP contribution in [0.1, 0.15) is 41.0 Å². The Morgan fingerprint density at radius 2 is 1.82 bits per heavy atom. The molecule has 98 valence electrons. The summed E-state index contributed by atoms with van der Waals surface area (Å²) in [5.74, 6) is -0.284. The molecule has 0 spiro atoms. The van der Waals surface area contributed by atoms with E-state index in [4.69, 9.17) is 4.74 Å². The second-order valence-corrected chi connectivity index (χ2v) is 4.86. The molecule has 0 bridgehead atoms. The molecule has 0 aliphatic carbocycles. The number of hydrogen-bond acceptors (Lipinski definition) is 3. The van der Waals surface area contributed by atoms with Crippen LogP contribution >= 0.6 is 0 Å². The number of carbonyl (C=O) groups excluding carboxylic acids is 2. The van der Waals surface area contributed by atoms with Crippen LogP contribution in [-0.4, -0.2) is 23.8 Å². The minimum atomic E-state index is -0.555. The summed E-state index contributed by atoms with van der Waals surface area (Å²) in [7, 11) is 0. The van der Waals surface area contributed by atoms with E-state index < -0.39 is 17.9 Å². The van der Waals surface area contributed by atoms with Gasteiger partial charge in [0, 0.05) is 5.57 Å². The van der Waals surface area contributed by atoms with Crippen molar-refractivity contribution in [2.45, 2.75) is 52.8 Å². The Balaban J connectivity index is 4.27. The molecule has 1 unspecified atom stereocenters. The molecule has 0 aliphatic rings. The number of rotatable bonds is 4. The lowest BCUT2D eigenvalue weighted by Gasteiger charge is -2.23. The van der Waals surface area contributed by atoms with E-state index in [0.29, 0.717) is 12.0 Å². The fourth-order valence-corrected chi connectivity index (χ4v) is 0.971. The van der Waals surface area contributed by atoms with Crippen LogP contribution in [0.2, 0.25) is 0 Å². The Morgan fingerprint density at radius 1 is 1.29 bits per heavy atom. The topological polar surface area (TPSA) is 67.4 Å². The quantitative estimate of drug-likeness (QED) is 0.585. The molecule has 0 aromatic heterocycles. The number of alkyl carbamates (subject to hydrolysis) is 1. The maximum absolute atomic E-state index is 11.5. The third-order valence-electron chi connectivity index (χ3n) is 1.79. The fourth-order valence-electron chi connectivity index (χ4n) is 0.971. The Labute approximate surface area is 103 Å². The molecule has 0 aromatic carbocycles. The molecule has 0 heterocycles. The van der Waals surface area contributed by atoms with Crippen LogP contribution in [0.5, 0.6) is 0 Å². The van der Waals surface area contributed by atoms with E-state index in [1.54, 1.807) is 27.7 Å². The molecule has 0 saturated carbocycles. The average molecular weight is 242 g/mol. The second-order valence-electron chi connectivity index (χ2n) is 4.86. The number of hydrogen-bond donors (Lipinski definition) is 2. The van der Waals surface area contributed by atoms with E-state index in [0.717, 1.165) is 0 Å². The first kappa shape index (κ1) is 15.5. The van der Waals surface area contributed by atoms with E-state index in [-0.39, 0.29) is 5.91 Å². The van der Waals surface area contributed by atoms with Crippen LogP contribution in [-0.2, 0) is 9.53 Å². The zero-order valence-electron chi connectivity index (χ0n) is 11.2. The lowest BCUT2D eigenvalue weighted by molar-refractivity contribution is -0.118. The number of nitrogens with one attached hydrogen (secondary N) is 2. The molecule has 17 heavy (non-hydrogen) atoms. The minimum absolute atomic E-state index is 0.284. The second kappa shape index (κ2) is 6.27.